The summed E-state index contributed by atoms with van der Waals surface area (Å²) < 4.78 is 5.57. The number of hydrogen-bond acceptors (Lipinski definition) is 3. The molecule has 1 heterocycles. The Morgan fingerprint density at radius 2 is 1.88 bits per heavy atom. The highest BCUT2D eigenvalue weighted by Gasteiger charge is 2.31. The third-order valence-corrected chi connectivity index (χ3v) is 3.37. The molecule has 0 aromatic rings. The molecule has 96 valence electrons. The fourth-order valence-corrected chi connectivity index (χ4v) is 2.18. The van der Waals surface area contributed by atoms with E-state index in [9.17, 15) is 5.11 Å². The minimum absolute atomic E-state index is 0.202. The average Bonchev–Trinajstić information content (AvgIpc) is 2.38. The highest BCUT2D eigenvalue weighted by atomic mass is 16.5. The maximum absolute atomic E-state index is 10.4. The van der Waals surface area contributed by atoms with Gasteiger partial charge in [-0.05, 0) is 53.5 Å². The number of likely N-dealkylation sites (tertiary alicyclic amines) is 1. The highest BCUT2D eigenvalue weighted by Crippen LogP contribution is 2.24. The molecule has 0 aromatic carbocycles. The molecule has 0 saturated carbocycles. The third kappa shape index (κ3) is 4.40. The fraction of sp³-hybridized carbons (Fsp3) is 1.00. The largest absolute Gasteiger partial charge is 0.387 e. The van der Waals surface area contributed by atoms with Crippen molar-refractivity contribution in [3.05, 3.63) is 0 Å². The van der Waals surface area contributed by atoms with Crippen molar-refractivity contribution in [2.24, 2.45) is 0 Å². The summed E-state index contributed by atoms with van der Waals surface area (Å²) in [6.07, 6.45) is 2.96. The molecule has 16 heavy (non-hydrogen) atoms. The molecular weight excluding hydrogens is 202 g/mol. The van der Waals surface area contributed by atoms with Gasteiger partial charge in [0.25, 0.3) is 0 Å². The summed E-state index contributed by atoms with van der Waals surface area (Å²) in [6.45, 7) is 11.0. The molecule has 3 nitrogen and oxygen atoms in total. The van der Waals surface area contributed by atoms with Crippen LogP contribution >= 0.6 is 0 Å². The number of ether oxygens (including phenoxy) is 1. The second-order valence-corrected chi connectivity index (χ2v) is 5.57. The van der Waals surface area contributed by atoms with Gasteiger partial charge in [0.2, 0.25) is 0 Å². The average molecular weight is 229 g/mol. The quantitative estimate of drug-likeness (QED) is 0.800. The third-order valence-electron chi connectivity index (χ3n) is 3.37. The second-order valence-electron chi connectivity index (χ2n) is 5.57. The first-order chi connectivity index (χ1) is 7.43. The van der Waals surface area contributed by atoms with Gasteiger partial charge in [0.15, 0.2) is 0 Å². The number of rotatable bonds is 4. The molecule has 1 fully saturated rings. The Hall–Kier alpha value is -0.120. The van der Waals surface area contributed by atoms with Gasteiger partial charge in [-0.2, -0.15) is 0 Å². The normalized spacial score (nSPS) is 28.7. The predicted octanol–water partition coefficient (Wildman–Crippen LogP) is 2.04. The van der Waals surface area contributed by atoms with Gasteiger partial charge in [0, 0.05) is 12.6 Å². The van der Waals surface area contributed by atoms with Crippen LogP contribution in [-0.2, 0) is 4.74 Å². The topological polar surface area (TPSA) is 32.7 Å². The zero-order valence-electron chi connectivity index (χ0n) is 11.2. The number of aliphatic hydroxyl groups is 1. The van der Waals surface area contributed by atoms with Crippen molar-refractivity contribution in [2.75, 3.05) is 19.7 Å². The lowest BCUT2D eigenvalue weighted by Crippen LogP contribution is -2.38. The Balaban J connectivity index is 2.44. The molecule has 1 N–H and O–H groups in total. The van der Waals surface area contributed by atoms with Crippen LogP contribution < -0.4 is 0 Å². The van der Waals surface area contributed by atoms with Crippen molar-refractivity contribution in [1.29, 1.82) is 0 Å². The van der Waals surface area contributed by atoms with Crippen LogP contribution in [0.3, 0.4) is 0 Å². The molecule has 0 aliphatic carbocycles. The minimum Gasteiger partial charge on any atom is -0.387 e. The van der Waals surface area contributed by atoms with E-state index in [2.05, 4.69) is 18.7 Å². The van der Waals surface area contributed by atoms with Gasteiger partial charge >= 0.3 is 0 Å². The van der Waals surface area contributed by atoms with Gasteiger partial charge in [-0.1, -0.05) is 0 Å². The molecule has 0 amide bonds. The predicted molar refractivity (Wildman–Crippen MR) is 66.6 cm³/mol. The van der Waals surface area contributed by atoms with E-state index in [4.69, 9.17) is 4.74 Å². The van der Waals surface area contributed by atoms with Crippen molar-refractivity contribution in [3.8, 4) is 0 Å². The Bertz CT molecular complexity index is 206. The zero-order valence-corrected chi connectivity index (χ0v) is 11.2. The summed E-state index contributed by atoms with van der Waals surface area (Å²) in [7, 11) is 0. The van der Waals surface area contributed by atoms with Crippen LogP contribution in [0.5, 0.6) is 0 Å². The lowest BCUT2D eigenvalue weighted by molar-refractivity contribution is -0.0721. The van der Waals surface area contributed by atoms with Crippen LogP contribution in [-0.4, -0.2) is 47.4 Å². The monoisotopic (exact) mass is 229 g/mol. The minimum atomic E-state index is -0.603. The Labute approximate surface area is 99.8 Å². The Morgan fingerprint density at radius 1 is 1.19 bits per heavy atom. The molecule has 1 rings (SSSR count). The zero-order chi connectivity index (χ0) is 12.2. The van der Waals surface area contributed by atoms with Crippen LogP contribution in [0.1, 0.15) is 47.0 Å². The molecule has 1 saturated heterocycles. The van der Waals surface area contributed by atoms with Crippen LogP contribution in [0.2, 0.25) is 0 Å². The molecule has 1 aliphatic heterocycles. The molecule has 1 unspecified atom stereocenters. The smallest absolute Gasteiger partial charge is 0.0892 e. The lowest BCUT2D eigenvalue weighted by Gasteiger charge is -2.28. The summed E-state index contributed by atoms with van der Waals surface area (Å²) in [4.78, 5) is 2.44. The van der Waals surface area contributed by atoms with Crippen molar-refractivity contribution in [3.63, 3.8) is 0 Å². The van der Waals surface area contributed by atoms with Crippen LogP contribution in [0.4, 0.5) is 0 Å². The number of nitrogens with zero attached hydrogens (tertiary/aromatic N) is 1. The van der Waals surface area contributed by atoms with E-state index in [1.54, 1.807) is 0 Å². The molecule has 3 heteroatoms. The van der Waals surface area contributed by atoms with E-state index in [1.807, 2.05) is 13.8 Å². The molecule has 1 atom stereocenters. The van der Waals surface area contributed by atoms with Crippen molar-refractivity contribution >= 4 is 0 Å². The van der Waals surface area contributed by atoms with E-state index < -0.39 is 5.60 Å². The van der Waals surface area contributed by atoms with Crippen LogP contribution in [0.15, 0.2) is 0 Å². The fourth-order valence-electron chi connectivity index (χ4n) is 2.18. The maximum atomic E-state index is 10.4. The van der Waals surface area contributed by atoms with Gasteiger partial charge in [0.1, 0.15) is 0 Å². The summed E-state index contributed by atoms with van der Waals surface area (Å²) in [5.41, 5.74) is -0.603. The van der Waals surface area contributed by atoms with E-state index >= 15 is 0 Å². The molecule has 0 spiro atoms. The van der Waals surface area contributed by atoms with Crippen molar-refractivity contribution in [2.45, 2.75) is 64.7 Å². The molecule has 0 bridgehead atoms. The molecule has 0 radical (unpaired) electrons. The van der Waals surface area contributed by atoms with Gasteiger partial charge in [-0.25, -0.2) is 0 Å². The Morgan fingerprint density at radius 3 is 2.44 bits per heavy atom. The van der Waals surface area contributed by atoms with Gasteiger partial charge in [0.05, 0.1) is 18.3 Å². The first-order valence-corrected chi connectivity index (χ1v) is 6.51. The number of hydrogen-bond donors (Lipinski definition) is 1. The van der Waals surface area contributed by atoms with Crippen LogP contribution in [0, 0.1) is 0 Å². The SMILES string of the molecule is CC(C)OCC1(O)CCCN(C(C)C)CC1. The summed E-state index contributed by atoms with van der Waals surface area (Å²) in [5.74, 6) is 0. The van der Waals surface area contributed by atoms with E-state index in [0.717, 1.165) is 32.4 Å². The van der Waals surface area contributed by atoms with Gasteiger partial charge in [-0.15, -0.1) is 0 Å². The van der Waals surface area contributed by atoms with Gasteiger partial charge in [-0.3, -0.25) is 0 Å². The Kier molecular flexibility index (Phi) is 5.22. The van der Waals surface area contributed by atoms with Gasteiger partial charge < -0.3 is 14.7 Å². The first kappa shape index (κ1) is 13.9. The van der Waals surface area contributed by atoms with Crippen molar-refractivity contribution in [1.82, 2.24) is 4.90 Å². The summed E-state index contributed by atoms with van der Waals surface area (Å²) in [6, 6.07) is 0.577. The standard InChI is InChI=1S/C13H27NO2/c1-11(2)14-8-5-6-13(15,7-9-14)10-16-12(3)4/h11-12,15H,5-10H2,1-4H3. The molecule has 0 aromatic heterocycles. The summed E-state index contributed by atoms with van der Waals surface area (Å²) in [5, 5.41) is 10.4. The van der Waals surface area contributed by atoms with Crippen molar-refractivity contribution < 1.29 is 9.84 Å². The molecular formula is C13H27NO2. The second kappa shape index (κ2) is 5.99. The highest BCUT2D eigenvalue weighted by molar-refractivity contribution is 4.84. The lowest BCUT2D eigenvalue weighted by atomic mass is 9.96. The maximum Gasteiger partial charge on any atom is 0.0892 e. The molecule has 1 aliphatic rings. The van der Waals surface area contributed by atoms with E-state index in [-0.39, 0.29) is 6.10 Å². The summed E-state index contributed by atoms with van der Waals surface area (Å²) >= 11 is 0. The van der Waals surface area contributed by atoms with E-state index in [1.165, 1.54) is 0 Å². The van der Waals surface area contributed by atoms with E-state index in [0.29, 0.717) is 12.6 Å². The first-order valence-electron chi connectivity index (χ1n) is 6.51. The van der Waals surface area contributed by atoms with Crippen LogP contribution in [0.25, 0.3) is 0 Å².